The maximum absolute atomic E-state index is 13.4. The van der Waals surface area contributed by atoms with Crippen LogP contribution in [-0.4, -0.2) is 38.9 Å². The van der Waals surface area contributed by atoms with Gasteiger partial charge in [-0.25, -0.2) is 0 Å². The van der Waals surface area contributed by atoms with E-state index in [1.165, 1.54) is 0 Å². The second-order valence-corrected chi connectivity index (χ2v) is 8.21. The fourth-order valence-electron chi connectivity index (χ4n) is 4.85. The number of nitrogens with zero attached hydrogens (tertiary/aromatic N) is 4. The van der Waals surface area contributed by atoms with Gasteiger partial charge in [-0.2, -0.15) is 5.10 Å². The van der Waals surface area contributed by atoms with Crippen molar-refractivity contribution in [3.63, 3.8) is 0 Å². The lowest BCUT2D eigenvalue weighted by molar-refractivity contribution is 0.0674. The van der Waals surface area contributed by atoms with Gasteiger partial charge in [-0.05, 0) is 49.7 Å². The summed E-state index contributed by atoms with van der Waals surface area (Å²) in [5.41, 5.74) is 5.65. The highest BCUT2D eigenvalue weighted by Gasteiger charge is 2.34. The molecule has 2 aromatic heterocycles. The Morgan fingerprint density at radius 1 is 1.12 bits per heavy atom. The number of hydrogen-bond acceptors (Lipinski definition) is 5. The van der Waals surface area contributed by atoms with E-state index in [1.807, 2.05) is 72.1 Å². The topological polar surface area (TPSA) is 69.5 Å². The largest absolute Gasteiger partial charge is 0.454 e. The van der Waals surface area contributed by atoms with E-state index >= 15 is 0 Å². The minimum atomic E-state index is -0.135. The fourth-order valence-corrected chi connectivity index (χ4v) is 4.85. The molecule has 0 spiro atoms. The van der Waals surface area contributed by atoms with Crippen LogP contribution >= 0.6 is 0 Å². The van der Waals surface area contributed by atoms with Gasteiger partial charge < -0.3 is 14.4 Å². The zero-order valence-corrected chi connectivity index (χ0v) is 17.9. The zero-order valence-electron chi connectivity index (χ0n) is 17.9. The van der Waals surface area contributed by atoms with Gasteiger partial charge in [-0.15, -0.1) is 0 Å². The van der Waals surface area contributed by atoms with Crippen molar-refractivity contribution in [2.45, 2.75) is 19.4 Å². The van der Waals surface area contributed by atoms with E-state index < -0.39 is 0 Å². The third-order valence-electron chi connectivity index (χ3n) is 6.40. The zero-order chi connectivity index (χ0) is 21.8. The number of benzene rings is 2. The normalized spacial score (nSPS) is 16.9. The first-order valence-corrected chi connectivity index (χ1v) is 10.7. The molecule has 1 amide bonds. The standard InChI is InChI=1S/C25H22N4O3/c1-15-22-18(23(28(2)27-22)19-6-3-7-21-24(19)32-14-31-21)10-12-29(15)25(30)17-8-9-20-16(13-17)5-4-11-26-20/h3-9,11,13,15H,10,12,14H2,1-2H3/t15-/m0/s1. The molecule has 0 radical (unpaired) electrons. The lowest BCUT2D eigenvalue weighted by Crippen LogP contribution is -2.38. The van der Waals surface area contributed by atoms with Crippen LogP contribution in [0.4, 0.5) is 0 Å². The van der Waals surface area contributed by atoms with Crippen LogP contribution in [0.15, 0.2) is 54.7 Å². The molecule has 4 heterocycles. The summed E-state index contributed by atoms with van der Waals surface area (Å²) in [4.78, 5) is 19.7. The molecule has 0 bridgehead atoms. The van der Waals surface area contributed by atoms with Crippen LogP contribution in [-0.2, 0) is 13.5 Å². The maximum Gasteiger partial charge on any atom is 0.254 e. The summed E-state index contributed by atoms with van der Waals surface area (Å²) in [7, 11) is 1.94. The number of ether oxygens (including phenoxy) is 2. The van der Waals surface area contributed by atoms with Gasteiger partial charge >= 0.3 is 0 Å². The molecule has 0 N–H and O–H groups in total. The molecule has 0 aliphatic carbocycles. The fraction of sp³-hybridized carbons (Fsp3) is 0.240. The summed E-state index contributed by atoms with van der Waals surface area (Å²) in [5, 5.41) is 5.79. The van der Waals surface area contributed by atoms with Crippen molar-refractivity contribution < 1.29 is 14.3 Å². The molecule has 2 aliphatic rings. The number of aryl methyl sites for hydroxylation is 1. The van der Waals surface area contributed by atoms with Crippen molar-refractivity contribution >= 4 is 16.8 Å². The summed E-state index contributed by atoms with van der Waals surface area (Å²) in [6, 6.07) is 15.3. The number of rotatable bonds is 2. The van der Waals surface area contributed by atoms with Crippen LogP contribution in [0, 0.1) is 0 Å². The minimum absolute atomic E-state index is 0.0124. The number of amides is 1. The molecular formula is C25H22N4O3. The first-order valence-electron chi connectivity index (χ1n) is 10.7. The maximum atomic E-state index is 13.4. The highest BCUT2D eigenvalue weighted by atomic mass is 16.7. The lowest BCUT2D eigenvalue weighted by atomic mass is 9.94. The Morgan fingerprint density at radius 3 is 2.94 bits per heavy atom. The Bertz CT molecular complexity index is 1380. The first-order chi connectivity index (χ1) is 15.6. The number of carbonyl (C=O) groups is 1. The van der Waals surface area contributed by atoms with Crippen LogP contribution in [0.3, 0.4) is 0 Å². The molecule has 4 aromatic rings. The minimum Gasteiger partial charge on any atom is -0.454 e. The van der Waals surface area contributed by atoms with Crippen molar-refractivity contribution in [1.29, 1.82) is 0 Å². The smallest absolute Gasteiger partial charge is 0.254 e. The summed E-state index contributed by atoms with van der Waals surface area (Å²) >= 11 is 0. The predicted molar refractivity (Wildman–Crippen MR) is 120 cm³/mol. The number of para-hydroxylation sites is 1. The lowest BCUT2D eigenvalue weighted by Gasteiger charge is -2.33. The van der Waals surface area contributed by atoms with Crippen molar-refractivity contribution in [2.24, 2.45) is 7.05 Å². The van der Waals surface area contributed by atoms with Gasteiger partial charge in [0.25, 0.3) is 5.91 Å². The third-order valence-corrected chi connectivity index (χ3v) is 6.40. The molecule has 7 heteroatoms. The van der Waals surface area contributed by atoms with Gasteiger partial charge in [0.2, 0.25) is 6.79 Å². The van der Waals surface area contributed by atoms with Gasteiger partial charge in [-0.1, -0.05) is 12.1 Å². The van der Waals surface area contributed by atoms with E-state index in [9.17, 15) is 4.79 Å². The molecule has 160 valence electrons. The predicted octanol–water partition coefficient (Wildman–Crippen LogP) is 4.12. The van der Waals surface area contributed by atoms with Gasteiger partial charge in [0.15, 0.2) is 11.5 Å². The number of carbonyl (C=O) groups excluding carboxylic acids is 1. The summed E-state index contributed by atoms with van der Waals surface area (Å²) in [6.45, 7) is 2.90. The Labute approximate surface area is 185 Å². The second-order valence-electron chi connectivity index (χ2n) is 8.21. The van der Waals surface area contributed by atoms with Gasteiger partial charge in [0.1, 0.15) is 0 Å². The molecule has 2 aromatic carbocycles. The summed E-state index contributed by atoms with van der Waals surface area (Å²) in [5.74, 6) is 1.52. The molecule has 0 fully saturated rings. The monoisotopic (exact) mass is 426 g/mol. The average molecular weight is 426 g/mol. The van der Waals surface area contributed by atoms with E-state index in [2.05, 4.69) is 4.98 Å². The molecule has 0 unspecified atom stereocenters. The summed E-state index contributed by atoms with van der Waals surface area (Å²) in [6.07, 6.45) is 2.49. The molecule has 0 saturated carbocycles. The van der Waals surface area contributed by atoms with Gasteiger partial charge in [-0.3, -0.25) is 14.5 Å². The summed E-state index contributed by atoms with van der Waals surface area (Å²) < 4.78 is 13.2. The molecular weight excluding hydrogens is 404 g/mol. The van der Waals surface area contributed by atoms with Crippen LogP contribution < -0.4 is 9.47 Å². The molecule has 32 heavy (non-hydrogen) atoms. The van der Waals surface area contributed by atoms with Crippen LogP contribution in [0.2, 0.25) is 0 Å². The molecule has 6 rings (SSSR count). The highest BCUT2D eigenvalue weighted by molar-refractivity contribution is 5.98. The van der Waals surface area contributed by atoms with Crippen molar-refractivity contribution in [3.05, 3.63) is 71.5 Å². The van der Waals surface area contributed by atoms with E-state index in [1.54, 1.807) is 6.20 Å². The van der Waals surface area contributed by atoms with E-state index in [-0.39, 0.29) is 18.7 Å². The van der Waals surface area contributed by atoms with E-state index in [0.29, 0.717) is 12.1 Å². The molecule has 2 aliphatic heterocycles. The van der Waals surface area contributed by atoms with Crippen molar-refractivity contribution in [3.8, 4) is 22.8 Å². The van der Waals surface area contributed by atoms with Crippen molar-refractivity contribution in [1.82, 2.24) is 19.7 Å². The van der Waals surface area contributed by atoms with Crippen molar-refractivity contribution in [2.75, 3.05) is 13.3 Å². The SMILES string of the molecule is C[C@H]1c2nn(C)c(-c3cccc4c3OCO4)c2CCN1C(=O)c1ccc2ncccc2c1. The molecule has 0 saturated heterocycles. The Kier molecular flexibility index (Phi) is 4.18. The second kappa shape index (κ2) is 7.09. The van der Waals surface area contributed by atoms with Gasteiger partial charge in [0.05, 0.1) is 22.9 Å². The Morgan fingerprint density at radius 2 is 2.03 bits per heavy atom. The van der Waals surface area contributed by atoms with Gasteiger partial charge in [0, 0.05) is 41.9 Å². The quantitative estimate of drug-likeness (QED) is 0.482. The van der Waals surface area contributed by atoms with Crippen LogP contribution in [0.5, 0.6) is 11.5 Å². The van der Waals surface area contributed by atoms with Crippen LogP contribution in [0.25, 0.3) is 22.2 Å². The molecule has 7 nitrogen and oxygen atoms in total. The number of pyridine rings is 1. The number of aromatic nitrogens is 3. The highest BCUT2D eigenvalue weighted by Crippen LogP contribution is 2.44. The number of fused-ring (bicyclic) bond motifs is 3. The Hall–Kier alpha value is -3.87. The number of hydrogen-bond donors (Lipinski definition) is 0. The molecule has 1 atom stereocenters. The van der Waals surface area contributed by atoms with E-state index in [0.717, 1.165) is 51.3 Å². The van der Waals surface area contributed by atoms with Crippen LogP contribution in [0.1, 0.15) is 34.6 Å². The Balaban J connectivity index is 1.36. The van der Waals surface area contributed by atoms with E-state index in [4.69, 9.17) is 14.6 Å². The average Bonchev–Trinajstić information content (AvgIpc) is 3.43. The first kappa shape index (κ1) is 18.9. The third kappa shape index (κ3) is 2.77.